The highest BCUT2D eigenvalue weighted by molar-refractivity contribution is 7.92. The molecule has 1 aliphatic heterocycles. The van der Waals surface area contributed by atoms with Crippen LogP contribution in [0, 0.1) is 5.82 Å². The van der Waals surface area contributed by atoms with Crippen molar-refractivity contribution in [3.63, 3.8) is 0 Å². The first kappa shape index (κ1) is 16.3. The zero-order valence-corrected chi connectivity index (χ0v) is 13.9. The van der Waals surface area contributed by atoms with Crippen LogP contribution in [0.3, 0.4) is 0 Å². The lowest BCUT2D eigenvalue weighted by Gasteiger charge is -2.18. The molecule has 0 spiro atoms. The molecule has 1 aliphatic rings. The molecule has 0 radical (unpaired) electrons. The van der Waals surface area contributed by atoms with E-state index in [0.29, 0.717) is 18.8 Å². The van der Waals surface area contributed by atoms with Crippen LogP contribution in [0.25, 0.3) is 0 Å². The number of hydrogen-bond donors (Lipinski definition) is 1. The smallest absolute Gasteiger partial charge is 0.238 e. The van der Waals surface area contributed by atoms with Crippen molar-refractivity contribution in [1.82, 2.24) is 10.2 Å². The van der Waals surface area contributed by atoms with Crippen LogP contribution in [0.4, 0.5) is 9.52 Å². The van der Waals surface area contributed by atoms with Gasteiger partial charge in [-0.05, 0) is 30.5 Å². The summed E-state index contributed by atoms with van der Waals surface area (Å²) in [6.45, 7) is 1.37. The fourth-order valence-corrected chi connectivity index (χ4v) is 4.71. The maximum atomic E-state index is 13.1. The molecule has 1 aromatic heterocycles. The molecule has 2 heterocycles. The average molecular weight is 357 g/mol. The van der Waals surface area contributed by atoms with Crippen molar-refractivity contribution in [3.8, 4) is 0 Å². The quantitative estimate of drug-likeness (QED) is 0.889. The lowest BCUT2D eigenvalue weighted by molar-refractivity contribution is 0.0851. The zero-order chi connectivity index (χ0) is 16.3. The molecule has 6 nitrogen and oxygen atoms in total. The first-order valence-corrected chi connectivity index (χ1v) is 9.65. The summed E-state index contributed by atoms with van der Waals surface area (Å²) in [6, 6.07) is 5.52. The molecule has 1 saturated heterocycles. The summed E-state index contributed by atoms with van der Waals surface area (Å²) in [5, 5.41) is 9.03. The Bertz CT molecular complexity index is 773. The minimum Gasteiger partial charge on any atom is -0.381 e. The zero-order valence-electron chi connectivity index (χ0n) is 12.2. The van der Waals surface area contributed by atoms with E-state index in [4.69, 9.17) is 4.74 Å². The summed E-state index contributed by atoms with van der Waals surface area (Å²) in [6.07, 6.45) is 1.73. The summed E-state index contributed by atoms with van der Waals surface area (Å²) in [4.78, 5) is 0. The molecule has 9 heteroatoms. The monoisotopic (exact) mass is 357 g/mol. The van der Waals surface area contributed by atoms with E-state index in [2.05, 4.69) is 14.9 Å². The van der Waals surface area contributed by atoms with Crippen LogP contribution in [0.2, 0.25) is 0 Å². The number of aromatic nitrogens is 2. The van der Waals surface area contributed by atoms with E-state index < -0.39 is 15.8 Å². The summed E-state index contributed by atoms with van der Waals surface area (Å²) in [5.41, 5.74) is 0.381. The molecule has 0 unspecified atom stereocenters. The van der Waals surface area contributed by atoms with E-state index >= 15 is 0 Å². The van der Waals surface area contributed by atoms with Gasteiger partial charge in [0.2, 0.25) is 15.2 Å². The van der Waals surface area contributed by atoms with Crippen LogP contribution in [0.1, 0.15) is 29.3 Å². The first-order valence-electron chi connectivity index (χ1n) is 7.18. The standard InChI is InChI=1S/C14H16FN3O3S2/c15-12-3-1-2-10(8-12)9-23(19,20)18-14-17-16-13(22-14)11-4-6-21-7-5-11/h1-3,8,11H,4-7,9H2,(H,17,18). The summed E-state index contributed by atoms with van der Waals surface area (Å²) >= 11 is 1.24. The maximum absolute atomic E-state index is 13.1. The Morgan fingerprint density at radius 1 is 1.30 bits per heavy atom. The lowest BCUT2D eigenvalue weighted by atomic mass is 10.0. The number of hydrogen-bond acceptors (Lipinski definition) is 6. The van der Waals surface area contributed by atoms with Gasteiger partial charge in [0.05, 0.1) is 5.75 Å². The van der Waals surface area contributed by atoms with Gasteiger partial charge < -0.3 is 4.74 Å². The van der Waals surface area contributed by atoms with Crippen molar-refractivity contribution in [2.24, 2.45) is 0 Å². The number of nitrogens with zero attached hydrogens (tertiary/aromatic N) is 2. The van der Waals surface area contributed by atoms with Gasteiger partial charge in [-0.1, -0.05) is 23.5 Å². The van der Waals surface area contributed by atoms with Crippen LogP contribution in [-0.2, 0) is 20.5 Å². The summed E-state index contributed by atoms with van der Waals surface area (Å²) in [5.74, 6) is -0.505. The highest BCUT2D eigenvalue weighted by atomic mass is 32.2. The van der Waals surface area contributed by atoms with Gasteiger partial charge in [0, 0.05) is 19.1 Å². The predicted molar refractivity (Wildman–Crippen MR) is 85.3 cm³/mol. The van der Waals surface area contributed by atoms with Crippen LogP contribution < -0.4 is 4.72 Å². The van der Waals surface area contributed by atoms with Crippen molar-refractivity contribution in [2.45, 2.75) is 24.5 Å². The summed E-state index contributed by atoms with van der Waals surface area (Å²) in [7, 11) is -3.66. The molecule has 124 valence electrons. The van der Waals surface area contributed by atoms with Crippen LogP contribution in [0.5, 0.6) is 0 Å². The number of sulfonamides is 1. The Morgan fingerprint density at radius 3 is 2.83 bits per heavy atom. The molecule has 0 atom stereocenters. The van der Waals surface area contributed by atoms with Crippen LogP contribution in [0.15, 0.2) is 24.3 Å². The lowest BCUT2D eigenvalue weighted by Crippen LogP contribution is -2.15. The van der Waals surface area contributed by atoms with Crippen molar-refractivity contribution >= 4 is 26.5 Å². The predicted octanol–water partition coefficient (Wildman–Crippen LogP) is 2.51. The molecule has 0 aliphatic carbocycles. The number of anilines is 1. The van der Waals surface area contributed by atoms with E-state index in [1.807, 2.05) is 0 Å². The van der Waals surface area contributed by atoms with Gasteiger partial charge in [0.1, 0.15) is 10.8 Å². The van der Waals surface area contributed by atoms with Gasteiger partial charge in [-0.25, -0.2) is 12.8 Å². The largest absolute Gasteiger partial charge is 0.381 e. The van der Waals surface area contributed by atoms with Gasteiger partial charge in [-0.3, -0.25) is 4.72 Å². The van der Waals surface area contributed by atoms with Crippen LogP contribution in [-0.4, -0.2) is 31.8 Å². The molecular formula is C14H16FN3O3S2. The Kier molecular flexibility index (Phi) is 4.88. The van der Waals surface area contributed by atoms with Crippen molar-refractivity contribution in [1.29, 1.82) is 0 Å². The number of halogens is 1. The molecule has 23 heavy (non-hydrogen) atoms. The molecule has 0 bridgehead atoms. The molecular weight excluding hydrogens is 341 g/mol. The third-order valence-electron chi connectivity index (χ3n) is 3.50. The molecule has 1 N–H and O–H groups in total. The van der Waals surface area contributed by atoms with Crippen molar-refractivity contribution in [3.05, 3.63) is 40.7 Å². The van der Waals surface area contributed by atoms with Gasteiger partial charge in [-0.15, -0.1) is 10.2 Å². The maximum Gasteiger partial charge on any atom is 0.238 e. The first-order chi connectivity index (χ1) is 11.0. The minimum atomic E-state index is -3.66. The number of benzene rings is 1. The highest BCUT2D eigenvalue weighted by Crippen LogP contribution is 2.31. The third-order valence-corrected chi connectivity index (χ3v) is 5.85. The molecule has 2 aromatic rings. The Labute approximate surface area is 137 Å². The van der Waals surface area contributed by atoms with Gasteiger partial charge in [-0.2, -0.15) is 0 Å². The number of nitrogens with one attached hydrogen (secondary N) is 1. The number of ether oxygens (including phenoxy) is 1. The van der Waals surface area contributed by atoms with Crippen LogP contribution >= 0.6 is 11.3 Å². The molecule has 1 aromatic carbocycles. The van der Waals surface area contributed by atoms with Gasteiger partial charge >= 0.3 is 0 Å². The third kappa shape index (κ3) is 4.46. The molecule has 0 amide bonds. The van der Waals surface area contributed by atoms with Crippen molar-refractivity contribution < 1.29 is 17.5 Å². The van der Waals surface area contributed by atoms with E-state index in [0.717, 1.165) is 17.8 Å². The Balaban J connectivity index is 1.67. The minimum absolute atomic E-state index is 0.239. The number of rotatable bonds is 5. The van der Waals surface area contributed by atoms with Crippen molar-refractivity contribution in [2.75, 3.05) is 17.9 Å². The van der Waals surface area contributed by atoms with Gasteiger partial charge in [0.25, 0.3) is 0 Å². The second-order valence-corrected chi connectivity index (χ2v) is 8.05. The van der Waals surface area contributed by atoms with E-state index in [9.17, 15) is 12.8 Å². The Morgan fingerprint density at radius 2 is 2.09 bits per heavy atom. The topological polar surface area (TPSA) is 81.2 Å². The fourth-order valence-electron chi connectivity index (χ4n) is 2.40. The SMILES string of the molecule is O=S(=O)(Cc1cccc(F)c1)Nc1nnc(C2CCOCC2)s1. The summed E-state index contributed by atoms with van der Waals surface area (Å²) < 4.78 is 45.1. The van der Waals surface area contributed by atoms with E-state index in [1.165, 1.54) is 29.5 Å². The van der Waals surface area contributed by atoms with E-state index in [-0.39, 0.29) is 16.8 Å². The molecule has 1 fully saturated rings. The fraction of sp³-hybridized carbons (Fsp3) is 0.429. The highest BCUT2D eigenvalue weighted by Gasteiger charge is 2.21. The molecule has 0 saturated carbocycles. The Hall–Kier alpha value is -1.58. The second kappa shape index (κ2) is 6.90. The second-order valence-electron chi connectivity index (χ2n) is 5.32. The van der Waals surface area contributed by atoms with E-state index in [1.54, 1.807) is 6.07 Å². The van der Waals surface area contributed by atoms with Gasteiger partial charge in [0.15, 0.2) is 0 Å². The average Bonchev–Trinajstić information content (AvgIpc) is 2.95. The molecule has 3 rings (SSSR count). The normalized spacial score (nSPS) is 16.4.